The molecule has 0 bridgehead atoms. The van der Waals surface area contributed by atoms with Gasteiger partial charge in [-0.25, -0.2) is 14.2 Å². The van der Waals surface area contributed by atoms with Gasteiger partial charge in [-0.3, -0.25) is 14.4 Å². The number of halogens is 6. The number of nitriles is 1. The third kappa shape index (κ3) is 11.0. The maximum Gasteiger partial charge on any atom is 0.490 e. The zero-order valence-corrected chi connectivity index (χ0v) is 28.4. The first-order chi connectivity index (χ1) is 23.6. The van der Waals surface area contributed by atoms with Gasteiger partial charge in [-0.15, -0.1) is 0 Å². The van der Waals surface area contributed by atoms with Gasteiger partial charge in [0.05, 0.1) is 28.4 Å². The van der Waals surface area contributed by atoms with Gasteiger partial charge in [0.15, 0.2) is 24.0 Å². The molecule has 2 saturated heterocycles. The van der Waals surface area contributed by atoms with Gasteiger partial charge in [-0.1, -0.05) is 26.5 Å². The Kier molecular flexibility index (Phi) is 17.2. The number of imidazole rings is 1. The number of alkyl halides is 3. The molecule has 0 spiro atoms. The predicted molar refractivity (Wildman–Crippen MR) is 190 cm³/mol. The first-order valence-corrected chi connectivity index (χ1v) is 15.2. The summed E-state index contributed by atoms with van der Waals surface area (Å²) < 4.78 is 67.1. The van der Waals surface area contributed by atoms with Crippen molar-refractivity contribution in [3.63, 3.8) is 0 Å². The molecule has 0 radical (unpaired) electrons. The molecule has 1 aromatic heterocycles. The van der Waals surface area contributed by atoms with Crippen molar-refractivity contribution >= 4 is 54.5 Å². The van der Waals surface area contributed by atoms with Crippen molar-refractivity contribution in [1.29, 1.82) is 5.26 Å². The molecule has 1 atom stereocenters. The number of nitrogens with one attached hydrogen (secondary N) is 2. The Morgan fingerprint density at radius 3 is 2.25 bits per heavy atom. The second-order valence-corrected chi connectivity index (χ2v) is 11.4. The number of ether oxygens (including phenoxy) is 1. The highest BCUT2D eigenvalue weighted by atomic mass is 35.5. The second kappa shape index (κ2) is 19.8. The van der Waals surface area contributed by atoms with Crippen LogP contribution in [0, 0.1) is 28.9 Å². The zero-order valence-electron chi connectivity index (χ0n) is 26.7. The number of carbonyl (C=O) groups excluding carboxylic acids is 3. The Labute approximate surface area is 314 Å². The van der Waals surface area contributed by atoms with Gasteiger partial charge in [-0.05, 0) is 43.3 Å². The van der Waals surface area contributed by atoms with Crippen LogP contribution in [-0.4, -0.2) is 100 Å². The molecule has 3 heterocycles. The molecule has 5 rings (SSSR count). The van der Waals surface area contributed by atoms with Crippen LogP contribution in [0.2, 0.25) is 5.02 Å². The van der Waals surface area contributed by atoms with Crippen molar-refractivity contribution in [2.24, 2.45) is 13.0 Å². The summed E-state index contributed by atoms with van der Waals surface area (Å²) in [4.78, 5) is 55.2. The van der Waals surface area contributed by atoms with Crippen LogP contribution >= 0.6 is 25.1 Å². The number of hydrogen-bond donors (Lipinski definition) is 3. The number of carboxylic acids is 1. The van der Waals surface area contributed by atoms with Crippen molar-refractivity contribution in [1.82, 2.24) is 24.7 Å². The molecule has 3 amide bonds. The van der Waals surface area contributed by atoms with E-state index in [1.807, 2.05) is 0 Å². The minimum atomic E-state index is -5.08. The third-order valence-corrected chi connectivity index (χ3v) is 8.11. The number of amides is 3. The van der Waals surface area contributed by atoms with Gasteiger partial charge in [0, 0.05) is 51.0 Å². The fraction of sp³-hybridized carbons (Fsp3) is 0.394. The SMILES string of the molecule is C.C.Cn1c(-c2ccc(OCC#N)c(F)c2F)cnc1C(=O)Nc1ccc(C(=O)N2CCN(C(=O)[C@H]3CCNC3)CC2)c(Cl)c1.O=C(O)C(F)(F)F.S. The number of benzene rings is 2. The molecular weight excluding hydrogens is 753 g/mol. The molecule has 2 aliphatic heterocycles. The van der Waals surface area contributed by atoms with Gasteiger partial charge >= 0.3 is 12.1 Å². The van der Waals surface area contributed by atoms with E-state index in [9.17, 15) is 36.3 Å². The molecule has 3 aromatic rings. The van der Waals surface area contributed by atoms with E-state index in [1.54, 1.807) is 15.9 Å². The normalized spacial score (nSPS) is 14.9. The first-order valence-electron chi connectivity index (χ1n) is 14.8. The lowest BCUT2D eigenvalue weighted by Crippen LogP contribution is -2.52. The zero-order chi connectivity index (χ0) is 36.7. The first kappa shape index (κ1) is 46.1. The van der Waals surface area contributed by atoms with Crippen molar-refractivity contribution in [3.05, 3.63) is 64.6 Å². The number of piperazine rings is 1. The van der Waals surface area contributed by atoms with Crippen molar-refractivity contribution in [2.75, 3.05) is 51.2 Å². The fourth-order valence-corrected chi connectivity index (χ4v) is 5.46. The molecule has 13 nitrogen and oxygen atoms in total. The number of aromatic nitrogens is 2. The lowest BCUT2D eigenvalue weighted by atomic mass is 10.1. The standard InChI is InChI=1S/C29H28ClF2N7O4.C2HF3O2.2CH4.H2S/c1-37-22(20-4-5-23(43-13-7-33)25(32)24(20)31)16-35-26(37)27(40)36-18-2-3-19(21(30)14-18)29(42)39-11-9-38(10-12-39)28(41)17-6-8-34-15-17;3-2(4,5)1(6)7;;;/h2-5,14,16-17,34H,6,8-13,15H2,1H3,(H,36,40);(H,6,7);2*1H4;1H2/t17-;;;;/m0..../s1. The summed E-state index contributed by atoms with van der Waals surface area (Å²) in [6.07, 6.45) is -3.03. The van der Waals surface area contributed by atoms with Gasteiger partial charge in [0.2, 0.25) is 11.7 Å². The Morgan fingerprint density at radius 2 is 1.70 bits per heavy atom. The van der Waals surface area contributed by atoms with Gasteiger partial charge < -0.3 is 34.8 Å². The van der Waals surface area contributed by atoms with Crippen LogP contribution < -0.4 is 15.4 Å². The third-order valence-electron chi connectivity index (χ3n) is 7.79. The van der Waals surface area contributed by atoms with E-state index in [4.69, 9.17) is 31.5 Å². The molecule has 2 aliphatic rings. The van der Waals surface area contributed by atoms with Crippen LogP contribution in [0.3, 0.4) is 0 Å². The number of hydrogen-bond acceptors (Lipinski definition) is 8. The molecule has 0 saturated carbocycles. The van der Waals surface area contributed by atoms with Crippen LogP contribution in [0.5, 0.6) is 5.75 Å². The van der Waals surface area contributed by atoms with E-state index >= 15 is 0 Å². The monoisotopic (exact) mass is 791 g/mol. The Bertz CT molecular complexity index is 1820. The summed E-state index contributed by atoms with van der Waals surface area (Å²) in [6.45, 7) is 2.77. The Balaban J connectivity index is 0.00000128. The number of rotatable bonds is 7. The van der Waals surface area contributed by atoms with E-state index in [0.29, 0.717) is 38.4 Å². The highest BCUT2D eigenvalue weighted by molar-refractivity contribution is 7.59. The smallest absolute Gasteiger partial charge is 0.476 e. The van der Waals surface area contributed by atoms with Gasteiger partial charge in [-0.2, -0.15) is 36.3 Å². The van der Waals surface area contributed by atoms with Crippen LogP contribution in [0.15, 0.2) is 36.5 Å². The van der Waals surface area contributed by atoms with E-state index in [1.165, 1.54) is 48.1 Å². The second-order valence-electron chi connectivity index (χ2n) is 11.0. The highest BCUT2D eigenvalue weighted by Crippen LogP contribution is 2.31. The predicted octanol–water partition coefficient (Wildman–Crippen LogP) is 5.09. The van der Waals surface area contributed by atoms with E-state index in [-0.39, 0.29) is 73.7 Å². The number of nitrogens with zero attached hydrogens (tertiary/aromatic N) is 5. The number of aliphatic carboxylic acids is 1. The van der Waals surface area contributed by atoms with E-state index in [2.05, 4.69) is 15.6 Å². The maximum absolute atomic E-state index is 14.8. The molecular formula is C33H39ClF5N7O6S. The minimum absolute atomic E-state index is 0. The summed E-state index contributed by atoms with van der Waals surface area (Å²) in [5.41, 5.74) is 0.544. The molecule has 2 aromatic carbocycles. The number of carbonyl (C=O) groups is 4. The summed E-state index contributed by atoms with van der Waals surface area (Å²) in [5, 5.41) is 21.7. The Hall–Kier alpha value is -4.93. The maximum atomic E-state index is 14.8. The molecule has 20 heteroatoms. The highest BCUT2D eigenvalue weighted by Gasteiger charge is 2.38. The molecule has 0 aliphatic carbocycles. The lowest BCUT2D eigenvalue weighted by Gasteiger charge is -2.36. The minimum Gasteiger partial charge on any atom is -0.476 e. The van der Waals surface area contributed by atoms with E-state index in [0.717, 1.165) is 13.0 Å². The summed E-state index contributed by atoms with van der Waals surface area (Å²) in [6, 6.07) is 8.63. The number of carboxylic acid groups (broad SMARTS) is 1. The summed E-state index contributed by atoms with van der Waals surface area (Å²) in [7, 11) is 1.47. The van der Waals surface area contributed by atoms with Gasteiger partial charge in [0.25, 0.3) is 11.8 Å². The summed E-state index contributed by atoms with van der Waals surface area (Å²) in [5.74, 6) is -6.53. The molecule has 290 valence electrons. The van der Waals surface area contributed by atoms with Gasteiger partial charge in [0.1, 0.15) is 6.07 Å². The molecule has 2 fully saturated rings. The van der Waals surface area contributed by atoms with Crippen molar-refractivity contribution in [3.8, 4) is 23.1 Å². The fourth-order valence-electron chi connectivity index (χ4n) is 5.20. The largest absolute Gasteiger partial charge is 0.490 e. The molecule has 53 heavy (non-hydrogen) atoms. The van der Waals surface area contributed by atoms with Crippen LogP contribution in [0.4, 0.5) is 27.6 Å². The van der Waals surface area contributed by atoms with E-state index < -0.39 is 42.0 Å². The Morgan fingerprint density at radius 1 is 1.08 bits per heavy atom. The summed E-state index contributed by atoms with van der Waals surface area (Å²) >= 11 is 6.43. The topological polar surface area (TPSA) is 170 Å². The lowest BCUT2D eigenvalue weighted by molar-refractivity contribution is -0.192. The average Bonchev–Trinajstić information content (AvgIpc) is 3.75. The van der Waals surface area contributed by atoms with Crippen molar-refractivity contribution in [2.45, 2.75) is 27.5 Å². The van der Waals surface area contributed by atoms with Crippen LogP contribution in [0.1, 0.15) is 42.3 Å². The quantitative estimate of drug-likeness (QED) is 0.276. The van der Waals surface area contributed by atoms with Crippen molar-refractivity contribution < 1.29 is 51.0 Å². The number of anilines is 1. The average molecular weight is 792 g/mol. The van der Waals surface area contributed by atoms with Crippen LogP contribution in [0.25, 0.3) is 11.3 Å². The molecule has 3 N–H and O–H groups in total. The molecule has 0 unspecified atom stereocenters. The van der Waals surface area contributed by atoms with Crippen LogP contribution in [-0.2, 0) is 16.6 Å².